The molecule has 4 nitrogen and oxygen atoms in total. The van der Waals surface area contributed by atoms with Crippen molar-refractivity contribution in [2.24, 2.45) is 4.99 Å². The van der Waals surface area contributed by atoms with E-state index in [1.807, 2.05) is 0 Å². The molecule has 12 rings (SSSR count). The van der Waals surface area contributed by atoms with Gasteiger partial charge in [0.15, 0.2) is 0 Å². The molecule has 10 aromatic rings. The molecule has 2 N–H and O–H groups in total. The summed E-state index contributed by atoms with van der Waals surface area (Å²) in [6.45, 7) is 0. The molecule has 2 aliphatic rings. The number of fused-ring (bicyclic) bond motifs is 6. The summed E-state index contributed by atoms with van der Waals surface area (Å²) < 4.78 is 2.36. The van der Waals surface area contributed by atoms with E-state index in [4.69, 9.17) is 4.99 Å². The number of anilines is 1. The molecule has 0 saturated heterocycles. The number of hydrogen-bond acceptors (Lipinski definition) is 3. The van der Waals surface area contributed by atoms with Crippen LogP contribution in [0.4, 0.5) is 5.69 Å². The van der Waals surface area contributed by atoms with Gasteiger partial charge in [0, 0.05) is 33.4 Å². The van der Waals surface area contributed by atoms with Crippen LogP contribution in [0.1, 0.15) is 45.6 Å². The van der Waals surface area contributed by atoms with Gasteiger partial charge < -0.3 is 15.2 Å². The molecule has 298 valence electrons. The van der Waals surface area contributed by atoms with Gasteiger partial charge in [-0.3, -0.25) is 4.99 Å². The molecule has 0 amide bonds. The maximum absolute atomic E-state index is 5.34. The van der Waals surface area contributed by atoms with Crippen LogP contribution in [-0.4, -0.2) is 10.3 Å². The van der Waals surface area contributed by atoms with Crippen LogP contribution in [-0.2, 0) is 0 Å². The van der Waals surface area contributed by atoms with Gasteiger partial charge in [-0.05, 0) is 104 Å². The van der Waals surface area contributed by atoms with E-state index in [-0.39, 0.29) is 12.2 Å². The van der Waals surface area contributed by atoms with Crippen molar-refractivity contribution in [3.8, 4) is 16.8 Å². The van der Waals surface area contributed by atoms with E-state index >= 15 is 0 Å². The van der Waals surface area contributed by atoms with Crippen LogP contribution in [0, 0.1) is 0 Å². The lowest BCUT2D eigenvalue weighted by molar-refractivity contribution is 0.664. The summed E-state index contributed by atoms with van der Waals surface area (Å²) in [7, 11) is 0. The van der Waals surface area contributed by atoms with Crippen LogP contribution >= 0.6 is 0 Å². The van der Waals surface area contributed by atoms with E-state index in [0.29, 0.717) is 0 Å². The second-order valence-electron chi connectivity index (χ2n) is 16.4. The zero-order valence-electron chi connectivity index (χ0n) is 34.5. The van der Waals surface area contributed by atoms with Crippen LogP contribution in [0.15, 0.2) is 236 Å². The van der Waals surface area contributed by atoms with Gasteiger partial charge in [0.25, 0.3) is 0 Å². The fourth-order valence-corrected chi connectivity index (χ4v) is 9.55. The molecule has 0 radical (unpaired) electrons. The second kappa shape index (κ2) is 15.4. The Bertz CT molecular complexity index is 3360. The van der Waals surface area contributed by atoms with E-state index in [2.05, 4.69) is 246 Å². The summed E-state index contributed by atoms with van der Waals surface area (Å²) >= 11 is 0. The van der Waals surface area contributed by atoms with Gasteiger partial charge in [-0.15, -0.1) is 0 Å². The predicted octanol–water partition coefficient (Wildman–Crippen LogP) is 14.3. The highest BCUT2D eigenvalue weighted by Crippen LogP contribution is 2.43. The minimum atomic E-state index is -0.259. The maximum Gasteiger partial charge on any atom is 0.145 e. The topological polar surface area (TPSA) is 41.4 Å². The van der Waals surface area contributed by atoms with Gasteiger partial charge >= 0.3 is 0 Å². The Balaban J connectivity index is 0.869. The van der Waals surface area contributed by atoms with Crippen molar-refractivity contribution >= 4 is 55.2 Å². The normalized spacial score (nSPS) is 15.8. The third kappa shape index (κ3) is 6.61. The van der Waals surface area contributed by atoms with Gasteiger partial charge in [0.05, 0.1) is 22.8 Å². The summed E-state index contributed by atoms with van der Waals surface area (Å²) in [6, 6.07) is 78.5. The Labute approximate surface area is 366 Å². The number of hydrogen-bond donors (Lipinski definition) is 2. The monoisotopic (exact) mass is 806 g/mol. The highest BCUT2D eigenvalue weighted by atomic mass is 15.1. The summed E-state index contributed by atoms with van der Waals surface area (Å²) in [5.41, 5.74) is 17.3. The molecule has 9 aromatic carbocycles. The molecule has 1 aromatic heterocycles. The Morgan fingerprint density at radius 1 is 0.429 bits per heavy atom. The average Bonchev–Trinajstić information content (AvgIpc) is 3.71. The Morgan fingerprint density at radius 3 is 1.73 bits per heavy atom. The lowest BCUT2D eigenvalue weighted by atomic mass is 9.85. The number of rotatable bonds is 7. The van der Waals surface area contributed by atoms with E-state index in [1.165, 1.54) is 66.0 Å². The molecule has 2 atom stereocenters. The first kappa shape index (κ1) is 36.6. The maximum atomic E-state index is 5.34. The van der Waals surface area contributed by atoms with Crippen molar-refractivity contribution in [2.75, 3.05) is 5.32 Å². The molecule has 0 spiro atoms. The minimum Gasteiger partial charge on any atom is -0.374 e. The van der Waals surface area contributed by atoms with Crippen molar-refractivity contribution in [3.05, 3.63) is 264 Å². The standard InChI is InChI=1S/C59H42N4/c1-4-14-40(15-5-1)51-37-53(41-16-6-2-7-17-41)60-52-35-31-46-36-45(30-34-48(46)58(51)52)39-24-26-44(27-25-39)59-61-54(42-18-8-3-9-19-42)38-55(62-59)43-28-32-47(33-29-43)63-56-22-12-10-20-49(56)50-21-11-13-23-57(50)63/h1-38,53,59-61H. The summed E-state index contributed by atoms with van der Waals surface area (Å²) in [5, 5.41) is 12.6. The molecular weight excluding hydrogens is 765 g/mol. The molecule has 3 heterocycles. The fourth-order valence-electron chi connectivity index (χ4n) is 9.55. The number of nitrogens with zero attached hydrogens (tertiary/aromatic N) is 2. The van der Waals surface area contributed by atoms with Crippen LogP contribution in [0.3, 0.4) is 0 Å². The highest BCUT2D eigenvalue weighted by Gasteiger charge is 2.24. The summed E-state index contributed by atoms with van der Waals surface area (Å²) in [5.74, 6) is 0. The van der Waals surface area contributed by atoms with Crippen molar-refractivity contribution in [1.82, 2.24) is 9.88 Å². The van der Waals surface area contributed by atoms with E-state index in [0.717, 1.165) is 39.5 Å². The average molecular weight is 807 g/mol. The molecule has 0 bridgehead atoms. The third-order valence-corrected chi connectivity index (χ3v) is 12.7. The fraction of sp³-hybridized carbons (Fsp3) is 0.0339. The first-order valence-corrected chi connectivity index (χ1v) is 21.7. The number of aromatic nitrogens is 1. The zero-order valence-corrected chi connectivity index (χ0v) is 34.5. The van der Waals surface area contributed by atoms with Crippen molar-refractivity contribution in [1.29, 1.82) is 0 Å². The molecule has 2 unspecified atom stereocenters. The quantitative estimate of drug-likeness (QED) is 0.168. The van der Waals surface area contributed by atoms with Crippen LogP contribution in [0.25, 0.3) is 60.7 Å². The molecule has 0 fully saturated rings. The number of para-hydroxylation sites is 2. The van der Waals surface area contributed by atoms with Gasteiger partial charge in [0.1, 0.15) is 6.17 Å². The van der Waals surface area contributed by atoms with Crippen LogP contribution < -0.4 is 10.6 Å². The molecular formula is C59H42N4. The molecule has 4 heteroatoms. The highest BCUT2D eigenvalue weighted by molar-refractivity contribution is 6.13. The van der Waals surface area contributed by atoms with E-state index in [1.54, 1.807) is 0 Å². The lowest BCUT2D eigenvalue weighted by Gasteiger charge is -2.28. The van der Waals surface area contributed by atoms with Crippen molar-refractivity contribution in [2.45, 2.75) is 12.2 Å². The number of benzene rings is 9. The van der Waals surface area contributed by atoms with Gasteiger partial charge in [-0.1, -0.05) is 182 Å². The number of allylic oxidation sites excluding steroid dienone is 1. The zero-order chi connectivity index (χ0) is 41.7. The van der Waals surface area contributed by atoms with Gasteiger partial charge in [0.2, 0.25) is 0 Å². The first-order valence-electron chi connectivity index (χ1n) is 21.7. The van der Waals surface area contributed by atoms with Crippen molar-refractivity contribution in [3.63, 3.8) is 0 Å². The van der Waals surface area contributed by atoms with Crippen molar-refractivity contribution < 1.29 is 0 Å². The lowest BCUT2D eigenvalue weighted by Crippen LogP contribution is -2.24. The SMILES string of the molecule is C1=C(c2ccccc2)NC(c2ccc(-c3ccc4c5c(ccc4c3)NC(c3ccccc3)C=C5c3ccccc3)cc2)N=C1c1ccc(-n2c3ccccc3c3ccccc32)cc1. The smallest absolute Gasteiger partial charge is 0.145 e. The van der Waals surface area contributed by atoms with E-state index < -0.39 is 0 Å². The summed E-state index contributed by atoms with van der Waals surface area (Å²) in [4.78, 5) is 5.34. The second-order valence-corrected chi connectivity index (χ2v) is 16.4. The minimum absolute atomic E-state index is 0.0836. The van der Waals surface area contributed by atoms with Gasteiger partial charge in [-0.25, -0.2) is 0 Å². The molecule has 0 saturated carbocycles. The van der Waals surface area contributed by atoms with Crippen LogP contribution in [0.2, 0.25) is 0 Å². The predicted molar refractivity (Wildman–Crippen MR) is 263 cm³/mol. The van der Waals surface area contributed by atoms with Gasteiger partial charge in [-0.2, -0.15) is 0 Å². The summed E-state index contributed by atoms with van der Waals surface area (Å²) in [6.07, 6.45) is 4.30. The largest absolute Gasteiger partial charge is 0.374 e. The third-order valence-electron chi connectivity index (χ3n) is 12.7. The molecule has 0 aliphatic carbocycles. The Hall–Kier alpha value is -8.21. The Morgan fingerprint density at radius 2 is 1.03 bits per heavy atom. The number of nitrogens with one attached hydrogen (secondary N) is 2. The van der Waals surface area contributed by atoms with E-state index in [9.17, 15) is 0 Å². The molecule has 2 aliphatic heterocycles. The van der Waals surface area contributed by atoms with Crippen LogP contribution in [0.5, 0.6) is 0 Å². The first-order chi connectivity index (χ1) is 31.2. The molecule has 63 heavy (non-hydrogen) atoms. The number of aliphatic imine (C=N–C) groups is 1. The Kier molecular flexibility index (Phi) is 8.93.